The molecule has 3 N–H and O–H groups in total. The number of carbonyl (C=O) groups is 1. The van der Waals surface area contributed by atoms with Gasteiger partial charge in [0.2, 0.25) is 0 Å². The average Bonchev–Trinajstić information content (AvgIpc) is 2.12. The summed E-state index contributed by atoms with van der Waals surface area (Å²) in [5.74, 6) is 0. The smallest absolute Gasteiger partial charge is 0.407 e. The maximum Gasteiger partial charge on any atom is 0.407 e. The van der Waals surface area contributed by atoms with E-state index >= 15 is 0 Å². The summed E-state index contributed by atoms with van der Waals surface area (Å²) in [6.45, 7) is 9.49. The molecule has 1 unspecified atom stereocenters. The van der Waals surface area contributed by atoms with Crippen molar-refractivity contribution in [1.82, 2.24) is 10.6 Å². The molecule has 0 aromatic rings. The van der Waals surface area contributed by atoms with Gasteiger partial charge in [-0.05, 0) is 53.6 Å². The zero-order valence-corrected chi connectivity index (χ0v) is 11.4. The van der Waals surface area contributed by atoms with Crippen molar-refractivity contribution in [3.05, 3.63) is 0 Å². The summed E-state index contributed by atoms with van der Waals surface area (Å²) in [6.07, 6.45) is 0.960. The molecule has 5 heteroatoms. The van der Waals surface area contributed by atoms with E-state index in [9.17, 15) is 4.79 Å². The molecule has 0 spiro atoms. The fourth-order valence-corrected chi connectivity index (χ4v) is 1.15. The normalized spacial score (nSPS) is 13.2. The molecule has 0 rings (SSSR count). The minimum absolute atomic E-state index is 0.262. The van der Waals surface area contributed by atoms with Crippen molar-refractivity contribution in [3.8, 4) is 0 Å². The van der Waals surface area contributed by atoms with Crippen molar-refractivity contribution in [2.75, 3.05) is 19.6 Å². The van der Waals surface area contributed by atoms with Crippen LogP contribution in [-0.2, 0) is 4.74 Å². The third-order valence-corrected chi connectivity index (χ3v) is 1.94. The molecule has 0 saturated heterocycles. The second kappa shape index (κ2) is 8.31. The zero-order valence-electron chi connectivity index (χ0n) is 11.4. The topological polar surface area (TPSA) is 70.6 Å². The SMILES string of the molecule is CC(O)CCNCCCNC(=O)OC(C)(C)C. The van der Waals surface area contributed by atoms with Gasteiger partial charge in [-0.25, -0.2) is 4.79 Å². The van der Waals surface area contributed by atoms with Gasteiger partial charge in [-0.15, -0.1) is 0 Å². The lowest BCUT2D eigenvalue weighted by atomic mass is 10.2. The highest BCUT2D eigenvalue weighted by atomic mass is 16.6. The fraction of sp³-hybridized carbons (Fsp3) is 0.917. The molecule has 1 atom stereocenters. The van der Waals surface area contributed by atoms with E-state index in [2.05, 4.69) is 10.6 Å². The van der Waals surface area contributed by atoms with Gasteiger partial charge in [0.1, 0.15) is 5.60 Å². The Bertz CT molecular complexity index is 212. The maximum atomic E-state index is 11.3. The van der Waals surface area contributed by atoms with Crippen molar-refractivity contribution in [1.29, 1.82) is 0 Å². The Morgan fingerprint density at radius 2 is 1.94 bits per heavy atom. The minimum atomic E-state index is -0.445. The van der Waals surface area contributed by atoms with Crippen LogP contribution in [0.5, 0.6) is 0 Å². The predicted octanol–water partition coefficient (Wildman–Crippen LogP) is 1.26. The minimum Gasteiger partial charge on any atom is -0.444 e. The van der Waals surface area contributed by atoms with Crippen LogP contribution in [0.1, 0.15) is 40.5 Å². The number of hydrogen-bond donors (Lipinski definition) is 3. The summed E-state index contributed by atoms with van der Waals surface area (Å²) in [7, 11) is 0. The molecule has 0 aromatic carbocycles. The van der Waals surface area contributed by atoms with Crippen LogP contribution < -0.4 is 10.6 Å². The Balaban J connectivity index is 3.31. The number of hydrogen-bond acceptors (Lipinski definition) is 4. The number of nitrogens with one attached hydrogen (secondary N) is 2. The summed E-state index contributed by atoms with van der Waals surface area (Å²) in [5.41, 5.74) is -0.445. The van der Waals surface area contributed by atoms with Crippen LogP contribution in [0.15, 0.2) is 0 Å². The molecule has 0 aromatic heterocycles. The number of ether oxygens (including phenoxy) is 1. The lowest BCUT2D eigenvalue weighted by Gasteiger charge is -2.19. The Morgan fingerprint density at radius 1 is 1.29 bits per heavy atom. The standard InChI is InChI=1S/C12H26N2O3/c1-10(15)6-9-13-7-5-8-14-11(16)17-12(2,3)4/h10,13,15H,5-9H2,1-4H3,(H,14,16). The van der Waals surface area contributed by atoms with Gasteiger partial charge in [-0.3, -0.25) is 0 Å². The number of aliphatic hydroxyl groups excluding tert-OH is 1. The predicted molar refractivity (Wildman–Crippen MR) is 68.0 cm³/mol. The highest BCUT2D eigenvalue weighted by Crippen LogP contribution is 2.06. The number of amides is 1. The zero-order chi connectivity index (χ0) is 13.3. The van der Waals surface area contributed by atoms with Crippen LogP contribution in [0.4, 0.5) is 4.79 Å². The van der Waals surface area contributed by atoms with Gasteiger partial charge in [-0.1, -0.05) is 0 Å². The lowest BCUT2D eigenvalue weighted by Crippen LogP contribution is -2.34. The van der Waals surface area contributed by atoms with E-state index in [4.69, 9.17) is 9.84 Å². The lowest BCUT2D eigenvalue weighted by molar-refractivity contribution is 0.0527. The highest BCUT2D eigenvalue weighted by molar-refractivity contribution is 5.67. The van der Waals surface area contributed by atoms with E-state index in [1.165, 1.54) is 0 Å². The first-order valence-corrected chi connectivity index (χ1v) is 6.17. The largest absolute Gasteiger partial charge is 0.444 e. The van der Waals surface area contributed by atoms with Gasteiger partial charge < -0.3 is 20.5 Å². The van der Waals surface area contributed by atoms with Crippen molar-refractivity contribution in [3.63, 3.8) is 0 Å². The van der Waals surface area contributed by atoms with Gasteiger partial charge in [0.25, 0.3) is 0 Å². The number of alkyl carbamates (subject to hydrolysis) is 1. The fourth-order valence-electron chi connectivity index (χ4n) is 1.15. The molecule has 102 valence electrons. The molecule has 17 heavy (non-hydrogen) atoms. The molecule has 5 nitrogen and oxygen atoms in total. The Hall–Kier alpha value is -0.810. The molecular weight excluding hydrogens is 220 g/mol. The van der Waals surface area contributed by atoms with E-state index in [1.807, 2.05) is 20.8 Å². The van der Waals surface area contributed by atoms with Gasteiger partial charge >= 0.3 is 6.09 Å². The van der Waals surface area contributed by atoms with E-state index in [-0.39, 0.29) is 12.2 Å². The van der Waals surface area contributed by atoms with Crippen molar-refractivity contribution in [2.24, 2.45) is 0 Å². The number of carbonyl (C=O) groups excluding carboxylic acids is 1. The van der Waals surface area contributed by atoms with E-state index < -0.39 is 5.60 Å². The second-order valence-electron chi connectivity index (χ2n) is 5.17. The molecule has 0 saturated carbocycles. The molecule has 0 bridgehead atoms. The van der Waals surface area contributed by atoms with Crippen LogP contribution in [-0.4, -0.2) is 42.5 Å². The molecular formula is C12H26N2O3. The second-order valence-corrected chi connectivity index (χ2v) is 5.17. The van der Waals surface area contributed by atoms with Crippen LogP contribution in [0.3, 0.4) is 0 Å². The Kier molecular flexibility index (Phi) is 7.91. The highest BCUT2D eigenvalue weighted by Gasteiger charge is 2.15. The first-order valence-electron chi connectivity index (χ1n) is 6.17. The molecule has 0 heterocycles. The molecule has 0 aliphatic heterocycles. The summed E-state index contributed by atoms with van der Waals surface area (Å²) in [5, 5.41) is 14.9. The number of rotatable bonds is 7. The van der Waals surface area contributed by atoms with Crippen LogP contribution in [0, 0.1) is 0 Å². The Labute approximate surface area is 104 Å². The average molecular weight is 246 g/mol. The molecule has 1 amide bonds. The van der Waals surface area contributed by atoms with Gasteiger partial charge in [0.15, 0.2) is 0 Å². The first-order chi connectivity index (χ1) is 7.81. The third kappa shape index (κ3) is 13.1. The van der Waals surface area contributed by atoms with Crippen LogP contribution in [0.2, 0.25) is 0 Å². The van der Waals surface area contributed by atoms with Crippen molar-refractivity contribution in [2.45, 2.75) is 52.2 Å². The molecule has 0 aliphatic carbocycles. The summed E-state index contributed by atoms with van der Waals surface area (Å²) < 4.78 is 5.09. The summed E-state index contributed by atoms with van der Waals surface area (Å²) in [4.78, 5) is 11.3. The van der Waals surface area contributed by atoms with Crippen LogP contribution in [0.25, 0.3) is 0 Å². The molecule has 0 aliphatic rings. The van der Waals surface area contributed by atoms with E-state index in [0.717, 1.165) is 25.9 Å². The Morgan fingerprint density at radius 3 is 2.47 bits per heavy atom. The summed E-state index contributed by atoms with van der Waals surface area (Å²) in [6, 6.07) is 0. The van der Waals surface area contributed by atoms with Crippen LogP contribution >= 0.6 is 0 Å². The summed E-state index contributed by atoms with van der Waals surface area (Å²) >= 11 is 0. The molecule has 0 fully saturated rings. The first kappa shape index (κ1) is 16.2. The van der Waals surface area contributed by atoms with E-state index in [0.29, 0.717) is 6.54 Å². The monoisotopic (exact) mass is 246 g/mol. The molecule has 0 radical (unpaired) electrons. The number of aliphatic hydroxyl groups is 1. The third-order valence-electron chi connectivity index (χ3n) is 1.94. The van der Waals surface area contributed by atoms with Crippen molar-refractivity contribution < 1.29 is 14.6 Å². The maximum absolute atomic E-state index is 11.3. The van der Waals surface area contributed by atoms with Crippen molar-refractivity contribution >= 4 is 6.09 Å². The quantitative estimate of drug-likeness (QED) is 0.591. The van der Waals surface area contributed by atoms with Gasteiger partial charge in [0.05, 0.1) is 6.10 Å². The van der Waals surface area contributed by atoms with Gasteiger partial charge in [-0.2, -0.15) is 0 Å². The van der Waals surface area contributed by atoms with Gasteiger partial charge in [0, 0.05) is 6.54 Å². The van der Waals surface area contributed by atoms with E-state index in [1.54, 1.807) is 6.92 Å².